The summed E-state index contributed by atoms with van der Waals surface area (Å²) in [5, 5.41) is 7.94. The normalized spacial score (nSPS) is 36.7. The topological polar surface area (TPSA) is 50.1 Å². The Hall–Kier alpha value is -2.52. The van der Waals surface area contributed by atoms with Gasteiger partial charge in [-0.2, -0.15) is 0 Å². The van der Waals surface area contributed by atoms with Crippen LogP contribution in [0.1, 0.15) is 90.4 Å². The minimum Gasteiger partial charge on any atom is -0.384 e. The van der Waals surface area contributed by atoms with Crippen molar-refractivity contribution in [1.29, 1.82) is 0 Å². The zero-order valence-electron chi connectivity index (χ0n) is 25.9. The van der Waals surface area contributed by atoms with Crippen LogP contribution < -0.4 is 16.4 Å². The highest BCUT2D eigenvalue weighted by Crippen LogP contribution is 2.45. The van der Waals surface area contributed by atoms with Crippen LogP contribution in [0.5, 0.6) is 0 Å². The van der Waals surface area contributed by atoms with Gasteiger partial charge in [-0.3, -0.25) is 0 Å². The van der Waals surface area contributed by atoms with E-state index in [0.29, 0.717) is 48.2 Å². The van der Waals surface area contributed by atoms with Crippen LogP contribution >= 0.6 is 0 Å². The second kappa shape index (κ2) is 12.6. The summed E-state index contributed by atoms with van der Waals surface area (Å²) in [6.45, 7) is 2.98. The molecule has 4 N–H and O–H groups in total. The molecule has 3 heteroatoms. The van der Waals surface area contributed by atoms with Gasteiger partial charge in [-0.05, 0) is 105 Å². The van der Waals surface area contributed by atoms with Gasteiger partial charge in [0.15, 0.2) is 0 Å². The van der Waals surface area contributed by atoms with Crippen molar-refractivity contribution in [3.8, 4) is 0 Å². The fraction of sp³-hybridized carbons (Fsp3) is 0.590. The first-order valence-electron chi connectivity index (χ1n) is 17.5. The molecule has 0 radical (unpaired) electrons. The fourth-order valence-electron chi connectivity index (χ4n) is 9.26. The zero-order chi connectivity index (χ0) is 28.5. The number of hydrogen-bond donors (Lipinski definition) is 3. The van der Waals surface area contributed by atoms with E-state index >= 15 is 0 Å². The van der Waals surface area contributed by atoms with Crippen molar-refractivity contribution >= 4 is 0 Å². The van der Waals surface area contributed by atoms with Crippen molar-refractivity contribution in [2.75, 3.05) is 6.54 Å². The standard InChI is InChI=1S/C39H53N3/c1-26(29-16-15-27-9-5-6-12-30(27)22-29)21-33(25-40)41-38-19-17-31(23-35(38)28-10-3-2-4-11-28)32-18-20-39-36(24-32)34-13-7-8-14-37(34)42-39/h3,6,10,12,15-16,20-21,23-24,26,28-29,32,34-35,37-38,41-42H,2,4-5,7-9,11,13-14,17-19,22,25,40H2,1H3/b33-21+/t26-,28+,29?,32?,34?,35?,37?,38?/m1/s1. The monoisotopic (exact) mass is 563 g/mol. The summed E-state index contributed by atoms with van der Waals surface area (Å²) in [6, 6.07) is 1.15. The molecule has 0 bridgehead atoms. The molecule has 42 heavy (non-hydrogen) atoms. The van der Waals surface area contributed by atoms with Crippen LogP contribution in [-0.4, -0.2) is 18.6 Å². The molecule has 2 fully saturated rings. The van der Waals surface area contributed by atoms with Gasteiger partial charge in [0.2, 0.25) is 0 Å². The number of fused-ring (bicyclic) bond motifs is 3. The third-order valence-electron chi connectivity index (χ3n) is 11.7. The molecule has 1 saturated heterocycles. The molecular formula is C39H53N3. The summed E-state index contributed by atoms with van der Waals surface area (Å²) in [4.78, 5) is 0. The summed E-state index contributed by atoms with van der Waals surface area (Å²) in [5.74, 6) is 3.52. The van der Waals surface area contributed by atoms with Crippen LogP contribution in [0.15, 0.2) is 94.4 Å². The molecule has 7 rings (SSSR count). The van der Waals surface area contributed by atoms with E-state index in [-0.39, 0.29) is 0 Å². The Morgan fingerprint density at radius 1 is 1.00 bits per heavy atom. The summed E-state index contributed by atoms with van der Waals surface area (Å²) in [6.07, 6.45) is 41.5. The van der Waals surface area contributed by atoms with Crippen LogP contribution in [0, 0.1) is 35.5 Å². The van der Waals surface area contributed by atoms with E-state index < -0.39 is 0 Å². The SMILES string of the molecule is C[C@H](/C=C(\CN)NC1CCC(C2C=C3C(=CC2)NC2CCCCC32)=CC1[C@H]1C=CCCC1)C1C=CC2=C(C=CCC2)C1. The first-order chi connectivity index (χ1) is 20.7. The van der Waals surface area contributed by atoms with Crippen molar-refractivity contribution in [2.45, 2.75) is 102 Å². The highest BCUT2D eigenvalue weighted by Gasteiger charge is 2.39. The van der Waals surface area contributed by atoms with Gasteiger partial charge < -0.3 is 16.4 Å². The van der Waals surface area contributed by atoms with E-state index in [1.807, 2.05) is 0 Å². The van der Waals surface area contributed by atoms with Crippen molar-refractivity contribution in [3.05, 3.63) is 94.4 Å². The highest BCUT2D eigenvalue weighted by atomic mass is 15.0. The van der Waals surface area contributed by atoms with Gasteiger partial charge in [0.1, 0.15) is 0 Å². The lowest BCUT2D eigenvalue weighted by molar-refractivity contribution is 0.298. The molecule has 8 atom stereocenters. The van der Waals surface area contributed by atoms with Gasteiger partial charge in [-0.15, -0.1) is 0 Å². The smallest absolute Gasteiger partial charge is 0.0335 e. The number of hydrogen-bond acceptors (Lipinski definition) is 3. The zero-order valence-corrected chi connectivity index (χ0v) is 25.9. The molecule has 3 nitrogen and oxygen atoms in total. The fourth-order valence-corrected chi connectivity index (χ4v) is 9.26. The predicted octanol–water partition coefficient (Wildman–Crippen LogP) is 8.33. The van der Waals surface area contributed by atoms with Crippen molar-refractivity contribution in [1.82, 2.24) is 10.6 Å². The number of nitrogens with one attached hydrogen (secondary N) is 2. The lowest BCUT2D eigenvalue weighted by Crippen LogP contribution is -2.42. The van der Waals surface area contributed by atoms with E-state index in [2.05, 4.69) is 78.3 Å². The van der Waals surface area contributed by atoms with Crippen LogP contribution in [0.2, 0.25) is 0 Å². The van der Waals surface area contributed by atoms with Crippen LogP contribution in [0.25, 0.3) is 0 Å². The average Bonchev–Trinajstić information content (AvgIpc) is 3.42. The Balaban J connectivity index is 1.08. The lowest BCUT2D eigenvalue weighted by Gasteiger charge is -2.39. The first kappa shape index (κ1) is 28.3. The molecule has 6 aliphatic carbocycles. The van der Waals surface area contributed by atoms with Gasteiger partial charge in [-0.25, -0.2) is 0 Å². The minimum atomic E-state index is 0.458. The van der Waals surface area contributed by atoms with E-state index in [9.17, 15) is 0 Å². The van der Waals surface area contributed by atoms with E-state index in [1.54, 1.807) is 22.3 Å². The molecule has 1 heterocycles. The van der Waals surface area contributed by atoms with Crippen molar-refractivity contribution in [3.63, 3.8) is 0 Å². The Bertz CT molecular complexity index is 1270. The maximum Gasteiger partial charge on any atom is 0.0335 e. The molecule has 1 aliphatic heterocycles. The largest absolute Gasteiger partial charge is 0.384 e. The Morgan fingerprint density at radius 2 is 1.93 bits per heavy atom. The van der Waals surface area contributed by atoms with E-state index in [4.69, 9.17) is 5.73 Å². The third kappa shape index (κ3) is 5.83. The Labute approximate surface area is 254 Å². The van der Waals surface area contributed by atoms with Crippen molar-refractivity contribution < 1.29 is 0 Å². The predicted molar refractivity (Wildman–Crippen MR) is 176 cm³/mol. The van der Waals surface area contributed by atoms with Gasteiger partial charge in [0, 0.05) is 47.8 Å². The Kier molecular flexibility index (Phi) is 8.48. The van der Waals surface area contributed by atoms with Crippen molar-refractivity contribution in [2.24, 2.45) is 41.2 Å². The number of nitrogens with two attached hydrogens (primary N) is 1. The molecule has 224 valence electrons. The van der Waals surface area contributed by atoms with Gasteiger partial charge in [0.25, 0.3) is 0 Å². The summed E-state index contributed by atoms with van der Waals surface area (Å²) in [5.41, 5.74) is 15.6. The first-order valence-corrected chi connectivity index (χ1v) is 17.5. The van der Waals surface area contributed by atoms with Gasteiger partial charge in [0.05, 0.1) is 0 Å². The average molecular weight is 564 g/mol. The second-order valence-corrected chi connectivity index (χ2v) is 14.3. The van der Waals surface area contributed by atoms with Crippen LogP contribution in [0.3, 0.4) is 0 Å². The maximum absolute atomic E-state index is 6.43. The second-order valence-electron chi connectivity index (χ2n) is 14.3. The Morgan fingerprint density at radius 3 is 2.81 bits per heavy atom. The van der Waals surface area contributed by atoms with E-state index in [0.717, 1.165) is 18.8 Å². The molecule has 7 aliphatic rings. The number of rotatable bonds is 7. The molecule has 0 aromatic carbocycles. The van der Waals surface area contributed by atoms with E-state index in [1.165, 1.54) is 82.0 Å². The molecule has 0 amide bonds. The summed E-state index contributed by atoms with van der Waals surface area (Å²) < 4.78 is 0. The maximum atomic E-state index is 6.43. The quantitative estimate of drug-likeness (QED) is 0.273. The molecular weight excluding hydrogens is 510 g/mol. The molecule has 0 aromatic heterocycles. The van der Waals surface area contributed by atoms with Gasteiger partial charge >= 0.3 is 0 Å². The third-order valence-corrected chi connectivity index (χ3v) is 11.7. The van der Waals surface area contributed by atoms with Gasteiger partial charge in [-0.1, -0.05) is 86.1 Å². The van der Waals surface area contributed by atoms with Crippen LogP contribution in [0.4, 0.5) is 0 Å². The minimum absolute atomic E-state index is 0.458. The molecule has 0 spiro atoms. The molecule has 1 saturated carbocycles. The van der Waals surface area contributed by atoms with Crippen LogP contribution in [-0.2, 0) is 0 Å². The lowest BCUT2D eigenvalue weighted by atomic mass is 9.71. The number of allylic oxidation sites excluding steroid dienone is 13. The molecule has 6 unspecified atom stereocenters. The summed E-state index contributed by atoms with van der Waals surface area (Å²) in [7, 11) is 0. The summed E-state index contributed by atoms with van der Waals surface area (Å²) >= 11 is 0. The highest BCUT2D eigenvalue weighted by molar-refractivity contribution is 5.44. The molecule has 0 aromatic rings.